The van der Waals surface area contributed by atoms with Crippen molar-refractivity contribution in [2.24, 2.45) is 16.7 Å². The van der Waals surface area contributed by atoms with Gasteiger partial charge in [-0.05, 0) is 48.6 Å². The number of hydrogen-bond donors (Lipinski definition) is 0. The van der Waals surface area contributed by atoms with Crippen LogP contribution in [0.5, 0.6) is 0 Å². The first-order valence-corrected chi connectivity index (χ1v) is 7.68. The van der Waals surface area contributed by atoms with E-state index in [2.05, 4.69) is 63.1 Å². The second kappa shape index (κ2) is 4.34. The lowest BCUT2D eigenvalue weighted by atomic mass is 9.67. The van der Waals surface area contributed by atoms with Gasteiger partial charge >= 0.3 is 0 Å². The zero-order chi connectivity index (χ0) is 13.7. The maximum absolute atomic E-state index is 2.62. The molecule has 0 N–H and O–H groups in total. The molecule has 2 aliphatic rings. The monoisotopic (exact) mass is 257 g/mol. The molecule has 1 nitrogen and oxygen atoms in total. The van der Waals surface area contributed by atoms with Gasteiger partial charge < -0.3 is 0 Å². The molecule has 2 fully saturated rings. The highest BCUT2D eigenvalue weighted by molar-refractivity contribution is 5.17. The molecule has 0 unspecified atom stereocenters. The van der Waals surface area contributed by atoms with Gasteiger partial charge in [0, 0.05) is 12.6 Å². The Labute approximate surface area is 118 Å². The summed E-state index contributed by atoms with van der Waals surface area (Å²) < 4.78 is 0. The highest BCUT2D eigenvalue weighted by Crippen LogP contribution is 2.63. The molecule has 104 valence electrons. The van der Waals surface area contributed by atoms with Crippen LogP contribution < -0.4 is 0 Å². The van der Waals surface area contributed by atoms with Crippen molar-refractivity contribution in [3.63, 3.8) is 0 Å². The first-order chi connectivity index (χ1) is 8.93. The lowest BCUT2D eigenvalue weighted by Crippen LogP contribution is -2.50. The van der Waals surface area contributed by atoms with Gasteiger partial charge in [0.25, 0.3) is 0 Å². The summed E-state index contributed by atoms with van der Waals surface area (Å²) in [7, 11) is 2.32. The zero-order valence-electron chi connectivity index (χ0n) is 12.8. The first-order valence-electron chi connectivity index (χ1n) is 7.68. The van der Waals surface area contributed by atoms with E-state index in [1.807, 2.05) is 0 Å². The summed E-state index contributed by atoms with van der Waals surface area (Å²) in [5, 5.41) is 0. The number of fused-ring (bicyclic) bond motifs is 2. The fraction of sp³-hybridized carbons (Fsp3) is 0.667. The van der Waals surface area contributed by atoms with Crippen LogP contribution in [0.2, 0.25) is 0 Å². The molecule has 0 saturated heterocycles. The molecule has 0 spiro atoms. The van der Waals surface area contributed by atoms with Gasteiger partial charge in [0.1, 0.15) is 0 Å². The standard InChI is InChI=1S/C18H27N/c1-17(2)15-10-11-18(3,12-15)16(17)19(4)13-14-8-6-5-7-9-14/h5-9,15-16H,10-13H2,1-4H3/t15-,16+,18-/m0/s1. The molecule has 1 heteroatoms. The number of hydrogen-bond acceptors (Lipinski definition) is 1. The van der Waals surface area contributed by atoms with Crippen molar-refractivity contribution >= 4 is 0 Å². The van der Waals surface area contributed by atoms with Gasteiger partial charge in [-0.25, -0.2) is 0 Å². The molecular weight excluding hydrogens is 230 g/mol. The Bertz CT molecular complexity index is 445. The average molecular weight is 257 g/mol. The van der Waals surface area contributed by atoms with Crippen LogP contribution in [0.15, 0.2) is 30.3 Å². The predicted octanol–water partition coefficient (Wildman–Crippen LogP) is 4.33. The lowest BCUT2D eigenvalue weighted by molar-refractivity contribution is 0.0150. The molecule has 2 aliphatic carbocycles. The highest BCUT2D eigenvalue weighted by Gasteiger charge is 2.60. The molecular formula is C18H27N. The average Bonchev–Trinajstić information content (AvgIpc) is 2.81. The summed E-state index contributed by atoms with van der Waals surface area (Å²) in [6.07, 6.45) is 4.30. The van der Waals surface area contributed by atoms with Crippen LogP contribution in [0.1, 0.15) is 45.6 Å². The minimum Gasteiger partial charge on any atom is -0.298 e. The number of nitrogens with zero attached hydrogens (tertiary/aromatic N) is 1. The Balaban J connectivity index is 1.81. The van der Waals surface area contributed by atoms with Crippen molar-refractivity contribution in [2.75, 3.05) is 7.05 Å². The van der Waals surface area contributed by atoms with Gasteiger partial charge in [-0.3, -0.25) is 4.90 Å². The summed E-state index contributed by atoms with van der Waals surface area (Å²) >= 11 is 0. The first kappa shape index (κ1) is 13.2. The van der Waals surface area contributed by atoms with E-state index in [0.29, 0.717) is 10.8 Å². The maximum Gasteiger partial charge on any atom is 0.0234 e. The Kier molecular flexibility index (Phi) is 3.01. The minimum atomic E-state index is 0.469. The summed E-state index contributed by atoms with van der Waals surface area (Å²) in [5.41, 5.74) is 2.45. The van der Waals surface area contributed by atoms with E-state index in [1.54, 1.807) is 0 Å². The Morgan fingerprint density at radius 3 is 2.42 bits per heavy atom. The van der Waals surface area contributed by atoms with Crippen molar-refractivity contribution in [1.29, 1.82) is 0 Å². The van der Waals surface area contributed by atoms with E-state index in [0.717, 1.165) is 18.5 Å². The van der Waals surface area contributed by atoms with Crippen molar-refractivity contribution < 1.29 is 0 Å². The topological polar surface area (TPSA) is 3.24 Å². The van der Waals surface area contributed by atoms with Gasteiger partial charge in [-0.2, -0.15) is 0 Å². The third kappa shape index (κ3) is 2.03. The van der Waals surface area contributed by atoms with Crippen LogP contribution >= 0.6 is 0 Å². The molecule has 1 aromatic carbocycles. The molecule has 0 heterocycles. The fourth-order valence-electron chi connectivity index (χ4n) is 5.34. The minimum absolute atomic E-state index is 0.469. The van der Waals surface area contributed by atoms with E-state index in [-0.39, 0.29) is 0 Å². The fourth-order valence-corrected chi connectivity index (χ4v) is 5.34. The van der Waals surface area contributed by atoms with E-state index < -0.39 is 0 Å². The van der Waals surface area contributed by atoms with Crippen molar-refractivity contribution in [3.05, 3.63) is 35.9 Å². The van der Waals surface area contributed by atoms with Crippen LogP contribution in [0, 0.1) is 16.7 Å². The summed E-state index contributed by atoms with van der Waals surface area (Å²) in [4.78, 5) is 2.62. The smallest absolute Gasteiger partial charge is 0.0234 e. The summed E-state index contributed by atoms with van der Waals surface area (Å²) in [5.74, 6) is 0.931. The molecule has 2 saturated carbocycles. The van der Waals surface area contributed by atoms with Gasteiger partial charge in [-0.15, -0.1) is 0 Å². The van der Waals surface area contributed by atoms with Gasteiger partial charge in [0.05, 0.1) is 0 Å². The SMILES string of the molecule is CN(Cc1ccccc1)[C@@H]1C(C)(C)[C@H]2CC[C@@]1(C)C2. The van der Waals surface area contributed by atoms with E-state index in [1.165, 1.54) is 24.8 Å². The lowest BCUT2D eigenvalue weighted by Gasteiger charge is -2.47. The van der Waals surface area contributed by atoms with Crippen LogP contribution in [-0.4, -0.2) is 18.0 Å². The third-order valence-electron chi connectivity index (χ3n) is 5.91. The van der Waals surface area contributed by atoms with Crippen molar-refractivity contribution in [1.82, 2.24) is 4.90 Å². The van der Waals surface area contributed by atoms with E-state index in [9.17, 15) is 0 Å². The van der Waals surface area contributed by atoms with Crippen molar-refractivity contribution in [3.8, 4) is 0 Å². The summed E-state index contributed by atoms with van der Waals surface area (Å²) in [6, 6.07) is 11.6. The van der Waals surface area contributed by atoms with Crippen molar-refractivity contribution in [2.45, 2.75) is 52.6 Å². The van der Waals surface area contributed by atoms with Crippen LogP contribution in [0.25, 0.3) is 0 Å². The molecule has 2 bridgehead atoms. The molecule has 3 rings (SSSR count). The number of benzene rings is 1. The van der Waals surface area contributed by atoms with E-state index in [4.69, 9.17) is 0 Å². The Morgan fingerprint density at radius 2 is 1.84 bits per heavy atom. The zero-order valence-corrected chi connectivity index (χ0v) is 12.8. The van der Waals surface area contributed by atoms with Crippen LogP contribution in [0.4, 0.5) is 0 Å². The van der Waals surface area contributed by atoms with Gasteiger partial charge in [0.2, 0.25) is 0 Å². The molecule has 1 aromatic rings. The summed E-state index contributed by atoms with van der Waals surface area (Å²) in [6.45, 7) is 8.59. The van der Waals surface area contributed by atoms with E-state index >= 15 is 0 Å². The molecule has 0 radical (unpaired) electrons. The third-order valence-corrected chi connectivity index (χ3v) is 5.91. The quantitative estimate of drug-likeness (QED) is 0.779. The maximum atomic E-state index is 2.62. The second-order valence-electron chi connectivity index (χ2n) is 7.72. The van der Waals surface area contributed by atoms with Gasteiger partial charge in [-0.1, -0.05) is 51.1 Å². The van der Waals surface area contributed by atoms with Gasteiger partial charge in [0.15, 0.2) is 0 Å². The molecule has 0 amide bonds. The molecule has 0 aromatic heterocycles. The molecule has 0 aliphatic heterocycles. The largest absolute Gasteiger partial charge is 0.298 e. The van der Waals surface area contributed by atoms with Crippen LogP contribution in [0.3, 0.4) is 0 Å². The number of rotatable bonds is 3. The van der Waals surface area contributed by atoms with Crippen LogP contribution in [-0.2, 0) is 6.54 Å². The Morgan fingerprint density at radius 1 is 1.16 bits per heavy atom. The predicted molar refractivity (Wildman–Crippen MR) is 80.9 cm³/mol. The Hall–Kier alpha value is -0.820. The normalized spacial score (nSPS) is 36.1. The highest BCUT2D eigenvalue weighted by atomic mass is 15.2. The molecule has 3 atom stereocenters. The second-order valence-corrected chi connectivity index (χ2v) is 7.72. The molecule has 19 heavy (non-hydrogen) atoms.